The lowest BCUT2D eigenvalue weighted by Crippen LogP contribution is -2.54. The van der Waals surface area contributed by atoms with E-state index >= 15 is 0 Å². The zero-order valence-electron chi connectivity index (χ0n) is 15.8. The number of nitrogens with zero attached hydrogens (tertiary/aromatic N) is 1. The molecule has 2 aromatic carbocycles. The highest BCUT2D eigenvalue weighted by Crippen LogP contribution is 2.53. The quantitative estimate of drug-likeness (QED) is 0.678. The van der Waals surface area contributed by atoms with Crippen molar-refractivity contribution in [3.05, 3.63) is 65.7 Å². The van der Waals surface area contributed by atoms with Gasteiger partial charge in [0.15, 0.2) is 0 Å². The van der Waals surface area contributed by atoms with Crippen molar-refractivity contribution >= 4 is 23.4 Å². The summed E-state index contributed by atoms with van der Waals surface area (Å²) in [5, 5.41) is 16.4. The van der Waals surface area contributed by atoms with E-state index < -0.39 is 29.5 Å². The number of likely N-dealkylation sites (tertiary alicyclic amines) is 1. The third kappa shape index (κ3) is 2.34. The molecule has 7 heteroatoms. The van der Waals surface area contributed by atoms with Gasteiger partial charge < -0.3 is 10.4 Å². The molecule has 3 N–H and O–H groups in total. The molecule has 5 rings (SSSR count). The minimum absolute atomic E-state index is 0.150. The first-order valence-electron chi connectivity index (χ1n) is 9.71. The van der Waals surface area contributed by atoms with Gasteiger partial charge in [-0.05, 0) is 18.6 Å². The molecule has 1 spiro atoms. The van der Waals surface area contributed by atoms with Gasteiger partial charge in [-0.1, -0.05) is 48.5 Å². The molecule has 3 aliphatic heterocycles. The van der Waals surface area contributed by atoms with Gasteiger partial charge in [-0.25, -0.2) is 0 Å². The van der Waals surface area contributed by atoms with E-state index in [0.29, 0.717) is 11.3 Å². The Bertz CT molecular complexity index is 1020. The van der Waals surface area contributed by atoms with Crippen LogP contribution in [0.25, 0.3) is 0 Å². The zero-order valence-corrected chi connectivity index (χ0v) is 15.8. The summed E-state index contributed by atoms with van der Waals surface area (Å²) in [6.45, 7) is 1.72. The molecule has 29 heavy (non-hydrogen) atoms. The Kier molecular flexibility index (Phi) is 3.88. The standard InChI is InChI=1S/C22H21N3O4/c1-12(26)18-16-17(20(28)25(19(16)27)11-13-7-3-2-4-8-13)22(24-18)14-9-5-6-10-15(14)23-21(22)29/h2-10,12,16-18,24,26H,11H2,1H3,(H,23,29). The molecular weight excluding hydrogens is 370 g/mol. The fourth-order valence-electron chi connectivity index (χ4n) is 5.08. The van der Waals surface area contributed by atoms with Gasteiger partial charge >= 0.3 is 0 Å². The van der Waals surface area contributed by atoms with Crippen LogP contribution in [0.4, 0.5) is 5.69 Å². The summed E-state index contributed by atoms with van der Waals surface area (Å²) in [5.41, 5.74) is 0.741. The largest absolute Gasteiger partial charge is 0.392 e. The van der Waals surface area contributed by atoms with Crippen molar-refractivity contribution in [1.29, 1.82) is 0 Å². The van der Waals surface area contributed by atoms with Crippen molar-refractivity contribution in [1.82, 2.24) is 10.2 Å². The van der Waals surface area contributed by atoms with Crippen LogP contribution in [-0.2, 0) is 26.5 Å². The Hall–Kier alpha value is -3.03. The van der Waals surface area contributed by atoms with Crippen LogP contribution in [0.1, 0.15) is 18.1 Å². The maximum atomic E-state index is 13.5. The first-order chi connectivity index (χ1) is 13.9. The average Bonchev–Trinajstić information content (AvgIpc) is 3.30. The summed E-state index contributed by atoms with van der Waals surface area (Å²) in [4.78, 5) is 41.2. The van der Waals surface area contributed by atoms with Crippen LogP contribution in [0, 0.1) is 11.8 Å². The summed E-state index contributed by atoms with van der Waals surface area (Å²) in [6.07, 6.45) is -0.907. The molecule has 5 atom stereocenters. The van der Waals surface area contributed by atoms with Gasteiger partial charge in [0.05, 0.1) is 24.5 Å². The lowest BCUT2D eigenvalue weighted by molar-refractivity contribution is -0.143. The number of nitrogens with one attached hydrogen (secondary N) is 2. The number of amides is 3. The molecular formula is C22H21N3O4. The van der Waals surface area contributed by atoms with E-state index in [4.69, 9.17) is 0 Å². The van der Waals surface area contributed by atoms with Crippen molar-refractivity contribution in [2.45, 2.75) is 31.2 Å². The van der Waals surface area contributed by atoms with Gasteiger partial charge in [-0.15, -0.1) is 0 Å². The number of imide groups is 1. The summed E-state index contributed by atoms with van der Waals surface area (Å²) >= 11 is 0. The van der Waals surface area contributed by atoms with Gasteiger partial charge in [0.25, 0.3) is 0 Å². The number of carbonyl (C=O) groups is 3. The summed E-state index contributed by atoms with van der Waals surface area (Å²) in [7, 11) is 0. The first-order valence-corrected chi connectivity index (χ1v) is 9.71. The predicted molar refractivity (Wildman–Crippen MR) is 104 cm³/mol. The maximum Gasteiger partial charge on any atom is 0.250 e. The summed E-state index contributed by atoms with van der Waals surface area (Å²) in [5.74, 6) is -2.80. The van der Waals surface area contributed by atoms with Crippen LogP contribution in [0.5, 0.6) is 0 Å². The predicted octanol–water partition coefficient (Wildman–Crippen LogP) is 0.988. The molecule has 3 heterocycles. The number of carbonyl (C=O) groups excluding carboxylic acids is 3. The van der Waals surface area contributed by atoms with Crippen LogP contribution < -0.4 is 10.6 Å². The number of aliphatic hydroxyl groups excluding tert-OH is 1. The van der Waals surface area contributed by atoms with Crippen LogP contribution >= 0.6 is 0 Å². The number of aliphatic hydroxyl groups is 1. The highest BCUT2D eigenvalue weighted by molar-refractivity contribution is 6.15. The van der Waals surface area contributed by atoms with Gasteiger partial charge in [0, 0.05) is 17.3 Å². The smallest absolute Gasteiger partial charge is 0.250 e. The number of para-hydroxylation sites is 1. The average molecular weight is 391 g/mol. The normalized spacial score (nSPS) is 31.2. The minimum Gasteiger partial charge on any atom is -0.392 e. The van der Waals surface area contributed by atoms with E-state index in [1.54, 1.807) is 31.2 Å². The Labute approximate surface area is 167 Å². The third-order valence-electron chi connectivity index (χ3n) is 6.35. The van der Waals surface area contributed by atoms with E-state index in [0.717, 1.165) is 5.56 Å². The number of benzene rings is 2. The van der Waals surface area contributed by atoms with Crippen LogP contribution in [0.2, 0.25) is 0 Å². The van der Waals surface area contributed by atoms with Gasteiger partial charge in [0.2, 0.25) is 17.7 Å². The van der Waals surface area contributed by atoms with Crippen molar-refractivity contribution in [2.75, 3.05) is 5.32 Å². The van der Waals surface area contributed by atoms with E-state index in [1.165, 1.54) is 4.90 Å². The second kappa shape index (κ2) is 6.23. The van der Waals surface area contributed by atoms with Gasteiger partial charge in [-0.2, -0.15) is 0 Å². The summed E-state index contributed by atoms with van der Waals surface area (Å²) in [6, 6.07) is 15.8. The molecule has 3 aliphatic rings. The molecule has 2 saturated heterocycles. The molecule has 7 nitrogen and oxygen atoms in total. The molecule has 3 amide bonds. The highest BCUT2D eigenvalue weighted by atomic mass is 16.3. The molecule has 2 fully saturated rings. The Balaban J connectivity index is 1.62. The van der Waals surface area contributed by atoms with E-state index in [1.807, 2.05) is 30.3 Å². The highest BCUT2D eigenvalue weighted by Gasteiger charge is 2.70. The molecule has 2 aromatic rings. The third-order valence-corrected chi connectivity index (χ3v) is 6.35. The van der Waals surface area contributed by atoms with Gasteiger partial charge in [0.1, 0.15) is 5.54 Å². The van der Waals surface area contributed by atoms with Crippen LogP contribution in [0.3, 0.4) is 0 Å². The number of hydrogen-bond acceptors (Lipinski definition) is 5. The fraction of sp³-hybridized carbons (Fsp3) is 0.318. The molecule has 0 bridgehead atoms. The van der Waals surface area contributed by atoms with Crippen molar-refractivity contribution < 1.29 is 19.5 Å². The van der Waals surface area contributed by atoms with Crippen LogP contribution in [0.15, 0.2) is 54.6 Å². The van der Waals surface area contributed by atoms with Gasteiger partial charge in [-0.3, -0.25) is 24.6 Å². The van der Waals surface area contributed by atoms with Crippen molar-refractivity contribution in [3.63, 3.8) is 0 Å². The van der Waals surface area contributed by atoms with E-state index in [2.05, 4.69) is 10.6 Å². The lowest BCUT2D eigenvalue weighted by atomic mass is 9.76. The second-order valence-electron chi connectivity index (χ2n) is 7.97. The minimum atomic E-state index is -1.36. The van der Waals surface area contributed by atoms with Crippen molar-refractivity contribution in [2.24, 2.45) is 11.8 Å². The maximum absolute atomic E-state index is 13.5. The Morgan fingerprint density at radius 2 is 1.72 bits per heavy atom. The molecule has 0 aliphatic carbocycles. The molecule has 0 radical (unpaired) electrons. The lowest BCUT2D eigenvalue weighted by Gasteiger charge is -2.30. The topological polar surface area (TPSA) is 98.7 Å². The summed E-state index contributed by atoms with van der Waals surface area (Å²) < 4.78 is 0. The van der Waals surface area contributed by atoms with E-state index in [9.17, 15) is 19.5 Å². The van der Waals surface area contributed by atoms with Crippen LogP contribution in [-0.4, -0.2) is 39.9 Å². The molecule has 0 aromatic heterocycles. The van der Waals surface area contributed by atoms with E-state index in [-0.39, 0.29) is 24.3 Å². The number of hydrogen-bond donors (Lipinski definition) is 3. The molecule has 148 valence electrons. The second-order valence-corrected chi connectivity index (χ2v) is 7.97. The number of rotatable bonds is 3. The monoisotopic (exact) mass is 391 g/mol. The zero-order chi connectivity index (χ0) is 20.3. The SMILES string of the molecule is CC(O)C1NC2(C(=O)Nc3ccccc32)C2C(=O)N(Cc3ccccc3)C(=O)C12. The molecule has 0 saturated carbocycles. The fourth-order valence-corrected chi connectivity index (χ4v) is 5.08. The number of fused-ring (bicyclic) bond motifs is 4. The molecule has 5 unspecified atom stereocenters. The first kappa shape index (κ1) is 18.0. The Morgan fingerprint density at radius 3 is 2.45 bits per heavy atom. The Morgan fingerprint density at radius 1 is 1.03 bits per heavy atom. The van der Waals surface area contributed by atoms with Crippen molar-refractivity contribution in [3.8, 4) is 0 Å². The number of anilines is 1.